The Labute approximate surface area is 115 Å². The first-order valence-corrected chi connectivity index (χ1v) is 9.05. The Morgan fingerprint density at radius 3 is 2.05 bits per heavy atom. The van der Waals surface area contributed by atoms with E-state index in [9.17, 15) is 16.8 Å². The minimum atomic E-state index is -3.88. The van der Waals surface area contributed by atoms with Gasteiger partial charge in [0, 0.05) is 5.38 Å². The Morgan fingerprint density at radius 2 is 1.58 bits per heavy atom. The van der Waals surface area contributed by atoms with E-state index in [4.69, 9.17) is 5.14 Å². The summed E-state index contributed by atoms with van der Waals surface area (Å²) in [7, 11) is -7.58. The second-order valence-corrected chi connectivity index (χ2v) is 8.61. The lowest BCUT2D eigenvalue weighted by atomic mass is 10.2. The highest BCUT2D eigenvalue weighted by Gasteiger charge is 2.22. The van der Waals surface area contributed by atoms with Crippen LogP contribution in [0.4, 0.5) is 0 Å². The van der Waals surface area contributed by atoms with Crippen molar-refractivity contribution >= 4 is 31.2 Å². The van der Waals surface area contributed by atoms with Crippen molar-refractivity contribution in [2.75, 3.05) is 0 Å². The van der Waals surface area contributed by atoms with Crippen LogP contribution in [-0.2, 0) is 19.9 Å². The van der Waals surface area contributed by atoms with Crippen LogP contribution in [0.3, 0.4) is 0 Å². The van der Waals surface area contributed by atoms with E-state index in [1.165, 1.54) is 17.5 Å². The van der Waals surface area contributed by atoms with Crippen LogP contribution >= 0.6 is 11.3 Å². The summed E-state index contributed by atoms with van der Waals surface area (Å²) >= 11 is 0.789. The minimum absolute atomic E-state index is 0.0645. The van der Waals surface area contributed by atoms with Crippen molar-refractivity contribution in [1.82, 2.24) is 0 Å². The molecule has 8 heteroatoms. The molecule has 1 aromatic heterocycles. The third-order valence-electron chi connectivity index (χ3n) is 2.47. The van der Waals surface area contributed by atoms with Crippen molar-refractivity contribution in [2.24, 2.45) is 5.14 Å². The van der Waals surface area contributed by atoms with E-state index in [0.717, 1.165) is 23.0 Å². The third kappa shape index (κ3) is 2.86. The lowest BCUT2D eigenvalue weighted by Gasteiger charge is -2.02. The number of thiophene rings is 1. The first kappa shape index (κ1) is 14.2. The van der Waals surface area contributed by atoms with Gasteiger partial charge in [0.1, 0.15) is 4.21 Å². The Hall–Kier alpha value is -1.22. The van der Waals surface area contributed by atoms with Crippen LogP contribution in [0, 0.1) is 6.92 Å². The number of nitrogens with two attached hydrogens (primary N) is 1. The molecule has 0 fully saturated rings. The van der Waals surface area contributed by atoms with E-state index in [-0.39, 0.29) is 14.0 Å². The first-order valence-electron chi connectivity index (χ1n) is 5.14. The first-order chi connectivity index (χ1) is 8.71. The molecular formula is C11H11NO4S3. The summed E-state index contributed by atoms with van der Waals surface area (Å²) in [5.41, 5.74) is 0.939. The number of hydrogen-bond acceptors (Lipinski definition) is 5. The average Bonchev–Trinajstić information content (AvgIpc) is 2.79. The van der Waals surface area contributed by atoms with Gasteiger partial charge in [-0.1, -0.05) is 17.7 Å². The zero-order valence-electron chi connectivity index (χ0n) is 9.90. The van der Waals surface area contributed by atoms with Gasteiger partial charge < -0.3 is 0 Å². The summed E-state index contributed by atoms with van der Waals surface area (Å²) in [6, 6.07) is 7.41. The third-order valence-corrected chi connectivity index (χ3v) is 6.76. The van der Waals surface area contributed by atoms with Gasteiger partial charge in [0.05, 0.1) is 9.79 Å². The van der Waals surface area contributed by atoms with Gasteiger partial charge in [0.2, 0.25) is 19.9 Å². The molecule has 2 aromatic rings. The van der Waals surface area contributed by atoms with Crippen molar-refractivity contribution < 1.29 is 16.8 Å². The summed E-state index contributed by atoms with van der Waals surface area (Å²) in [6.07, 6.45) is 0. The molecular weight excluding hydrogens is 306 g/mol. The number of rotatable bonds is 3. The number of aryl methyl sites for hydroxylation is 1. The molecule has 2 rings (SSSR count). The molecule has 0 saturated heterocycles. The van der Waals surface area contributed by atoms with Crippen LogP contribution in [-0.4, -0.2) is 16.8 Å². The fraction of sp³-hybridized carbons (Fsp3) is 0.0909. The molecule has 0 aliphatic carbocycles. The van der Waals surface area contributed by atoms with Crippen molar-refractivity contribution in [3.63, 3.8) is 0 Å². The van der Waals surface area contributed by atoms with E-state index in [0.29, 0.717) is 0 Å². The van der Waals surface area contributed by atoms with Gasteiger partial charge in [-0.3, -0.25) is 0 Å². The predicted octanol–water partition coefficient (Wildman–Crippen LogP) is 1.54. The molecule has 0 atom stereocenters. The molecule has 5 nitrogen and oxygen atoms in total. The van der Waals surface area contributed by atoms with Crippen molar-refractivity contribution in [3.8, 4) is 0 Å². The molecule has 2 N–H and O–H groups in total. The molecule has 1 heterocycles. The van der Waals surface area contributed by atoms with Crippen LogP contribution in [0.2, 0.25) is 0 Å². The molecule has 0 radical (unpaired) electrons. The molecule has 0 saturated carbocycles. The molecule has 0 aliphatic rings. The largest absolute Gasteiger partial charge is 0.247 e. The highest BCUT2D eigenvalue weighted by atomic mass is 32.2. The summed E-state index contributed by atoms with van der Waals surface area (Å²) in [4.78, 5) is 0.0576. The van der Waals surface area contributed by atoms with Gasteiger partial charge in [-0.25, -0.2) is 22.0 Å². The lowest BCUT2D eigenvalue weighted by molar-refractivity contribution is 0.596. The summed E-state index contributed by atoms with van der Waals surface area (Å²) in [5, 5.41) is 6.23. The Balaban J connectivity index is 2.51. The summed E-state index contributed by atoms with van der Waals surface area (Å²) in [6.45, 7) is 1.85. The standard InChI is InChI=1S/C11H11NO4S3/c1-8-2-4-9(5-3-8)18(13,14)10-6-11(17-7-10)19(12,15)16/h2-7H,1H3,(H2,12,15,16). The van der Waals surface area contributed by atoms with Crippen molar-refractivity contribution in [2.45, 2.75) is 20.9 Å². The summed E-state index contributed by atoms with van der Waals surface area (Å²) < 4.78 is 46.6. The minimum Gasteiger partial charge on any atom is -0.224 e. The number of benzene rings is 1. The number of hydrogen-bond donors (Lipinski definition) is 1. The maximum Gasteiger partial charge on any atom is 0.247 e. The zero-order chi connectivity index (χ0) is 14.3. The number of primary sulfonamides is 1. The van der Waals surface area contributed by atoms with Gasteiger partial charge in [-0.15, -0.1) is 11.3 Å². The van der Waals surface area contributed by atoms with Crippen LogP contribution in [0.1, 0.15) is 5.56 Å². The second kappa shape index (κ2) is 4.71. The Kier molecular flexibility index (Phi) is 3.52. The van der Waals surface area contributed by atoms with E-state index in [1.807, 2.05) is 6.92 Å². The smallest absolute Gasteiger partial charge is 0.224 e. The highest BCUT2D eigenvalue weighted by molar-refractivity contribution is 7.92. The average molecular weight is 317 g/mol. The molecule has 1 aromatic carbocycles. The molecule has 0 bridgehead atoms. The predicted molar refractivity (Wildman–Crippen MR) is 72.3 cm³/mol. The Bertz CT molecular complexity index is 802. The van der Waals surface area contributed by atoms with Gasteiger partial charge >= 0.3 is 0 Å². The molecule has 0 spiro atoms. The quantitative estimate of drug-likeness (QED) is 0.929. The van der Waals surface area contributed by atoms with Crippen molar-refractivity contribution in [3.05, 3.63) is 41.3 Å². The summed E-state index contributed by atoms with van der Waals surface area (Å²) in [5.74, 6) is 0. The topological polar surface area (TPSA) is 94.3 Å². The van der Waals surface area contributed by atoms with E-state index < -0.39 is 19.9 Å². The van der Waals surface area contributed by atoms with E-state index >= 15 is 0 Å². The highest BCUT2D eigenvalue weighted by Crippen LogP contribution is 2.27. The fourth-order valence-corrected chi connectivity index (χ4v) is 4.75. The van der Waals surface area contributed by atoms with E-state index in [2.05, 4.69) is 0 Å². The molecule has 19 heavy (non-hydrogen) atoms. The maximum atomic E-state index is 12.3. The SMILES string of the molecule is Cc1ccc(S(=O)(=O)c2csc(S(N)(=O)=O)c2)cc1. The molecule has 102 valence electrons. The van der Waals surface area contributed by atoms with Crippen LogP contribution in [0.25, 0.3) is 0 Å². The van der Waals surface area contributed by atoms with Crippen LogP contribution in [0.5, 0.6) is 0 Å². The number of sulfone groups is 1. The van der Waals surface area contributed by atoms with Gasteiger partial charge in [0.25, 0.3) is 0 Å². The lowest BCUT2D eigenvalue weighted by Crippen LogP contribution is -2.10. The van der Waals surface area contributed by atoms with E-state index in [1.54, 1.807) is 12.1 Å². The monoisotopic (exact) mass is 317 g/mol. The Morgan fingerprint density at radius 1 is 1.00 bits per heavy atom. The molecule has 0 unspecified atom stereocenters. The van der Waals surface area contributed by atoms with Crippen molar-refractivity contribution in [1.29, 1.82) is 0 Å². The fourth-order valence-electron chi connectivity index (χ4n) is 1.44. The zero-order valence-corrected chi connectivity index (χ0v) is 12.3. The molecule has 0 amide bonds. The normalized spacial score (nSPS) is 12.5. The van der Waals surface area contributed by atoms with Crippen LogP contribution in [0.15, 0.2) is 49.7 Å². The van der Waals surface area contributed by atoms with Crippen LogP contribution < -0.4 is 5.14 Å². The van der Waals surface area contributed by atoms with Gasteiger partial charge in [0.15, 0.2) is 0 Å². The number of sulfonamides is 1. The maximum absolute atomic E-state index is 12.3. The molecule has 0 aliphatic heterocycles. The van der Waals surface area contributed by atoms with Gasteiger partial charge in [-0.2, -0.15) is 0 Å². The van der Waals surface area contributed by atoms with Gasteiger partial charge in [-0.05, 0) is 25.1 Å². The second-order valence-electron chi connectivity index (χ2n) is 3.96.